The first-order valence-electron chi connectivity index (χ1n) is 15.3. The Bertz CT molecular complexity index is 2510. The van der Waals surface area contributed by atoms with E-state index >= 15 is 0 Å². The normalized spacial score (nSPS) is 11.6. The number of nitrogens with zero attached hydrogens (tertiary/aromatic N) is 1. The molecule has 0 atom stereocenters. The second-order valence-electron chi connectivity index (χ2n) is 11.5. The van der Waals surface area contributed by atoms with Crippen LogP contribution in [0.15, 0.2) is 168 Å². The SMILES string of the molecule is c1ccc(-c2ccc3oc4cccc(Nc5cccc(-c6ccc7c(c6)c6ccccc6n7-c6ccccc6)c5)c4c3c2)cc1. The van der Waals surface area contributed by atoms with Crippen molar-refractivity contribution in [2.24, 2.45) is 0 Å². The molecule has 0 saturated carbocycles. The van der Waals surface area contributed by atoms with Gasteiger partial charge in [-0.2, -0.15) is 0 Å². The Balaban J connectivity index is 1.12. The van der Waals surface area contributed by atoms with Gasteiger partial charge in [-0.1, -0.05) is 97.1 Å². The Morgan fingerprint density at radius 1 is 0.422 bits per heavy atom. The summed E-state index contributed by atoms with van der Waals surface area (Å²) in [5, 5.41) is 8.41. The molecule has 0 radical (unpaired) electrons. The van der Waals surface area contributed by atoms with Gasteiger partial charge in [0.2, 0.25) is 0 Å². The van der Waals surface area contributed by atoms with Crippen LogP contribution < -0.4 is 5.32 Å². The number of fused-ring (bicyclic) bond motifs is 6. The molecule has 1 N–H and O–H groups in total. The van der Waals surface area contributed by atoms with E-state index in [1.807, 2.05) is 18.2 Å². The van der Waals surface area contributed by atoms with Crippen molar-refractivity contribution in [1.29, 1.82) is 0 Å². The van der Waals surface area contributed by atoms with Gasteiger partial charge in [0.25, 0.3) is 0 Å². The molecule has 9 rings (SSSR count). The average Bonchev–Trinajstić information content (AvgIpc) is 3.65. The molecule has 0 unspecified atom stereocenters. The smallest absolute Gasteiger partial charge is 0.137 e. The number of furan rings is 1. The summed E-state index contributed by atoms with van der Waals surface area (Å²) in [5.41, 5.74) is 12.1. The highest BCUT2D eigenvalue weighted by molar-refractivity contribution is 6.13. The third kappa shape index (κ3) is 4.29. The summed E-state index contributed by atoms with van der Waals surface area (Å²) >= 11 is 0. The van der Waals surface area contributed by atoms with Crippen LogP contribution >= 0.6 is 0 Å². The summed E-state index contributed by atoms with van der Waals surface area (Å²) in [6.45, 7) is 0. The monoisotopic (exact) mass is 576 g/mol. The quantitative estimate of drug-likeness (QED) is 0.221. The van der Waals surface area contributed by atoms with Crippen molar-refractivity contribution in [3.63, 3.8) is 0 Å². The second kappa shape index (κ2) is 10.3. The molecule has 0 bridgehead atoms. The fourth-order valence-corrected chi connectivity index (χ4v) is 6.68. The molecule has 7 aromatic carbocycles. The Hall–Kier alpha value is -6.06. The van der Waals surface area contributed by atoms with Crippen molar-refractivity contribution in [3.05, 3.63) is 164 Å². The Morgan fingerprint density at radius 2 is 1.09 bits per heavy atom. The van der Waals surface area contributed by atoms with Crippen LogP contribution in [-0.2, 0) is 0 Å². The molecule has 3 nitrogen and oxygen atoms in total. The molecule has 0 fully saturated rings. The van der Waals surface area contributed by atoms with Crippen molar-refractivity contribution in [3.8, 4) is 27.9 Å². The van der Waals surface area contributed by atoms with Crippen LogP contribution in [0.5, 0.6) is 0 Å². The number of anilines is 2. The van der Waals surface area contributed by atoms with Crippen molar-refractivity contribution in [1.82, 2.24) is 4.57 Å². The molecule has 0 amide bonds. The second-order valence-corrected chi connectivity index (χ2v) is 11.5. The minimum atomic E-state index is 0.872. The topological polar surface area (TPSA) is 30.1 Å². The highest BCUT2D eigenvalue weighted by Gasteiger charge is 2.15. The van der Waals surface area contributed by atoms with Crippen LogP contribution in [0.3, 0.4) is 0 Å². The molecule has 45 heavy (non-hydrogen) atoms. The van der Waals surface area contributed by atoms with Gasteiger partial charge in [-0.05, 0) is 89.0 Å². The molecular weight excluding hydrogens is 548 g/mol. The fraction of sp³-hybridized carbons (Fsp3) is 0. The molecule has 3 heteroatoms. The maximum absolute atomic E-state index is 6.28. The molecule has 0 aliphatic carbocycles. The maximum atomic E-state index is 6.28. The number of benzene rings is 7. The number of rotatable bonds is 5. The molecule has 0 spiro atoms. The molecular formula is C42H28N2O. The van der Waals surface area contributed by atoms with Gasteiger partial charge in [0.15, 0.2) is 0 Å². The van der Waals surface area contributed by atoms with E-state index in [1.54, 1.807) is 0 Å². The Morgan fingerprint density at radius 3 is 1.98 bits per heavy atom. The summed E-state index contributed by atoms with van der Waals surface area (Å²) in [4.78, 5) is 0. The predicted octanol–water partition coefficient (Wildman–Crippen LogP) is 11.8. The van der Waals surface area contributed by atoms with Crippen LogP contribution in [0, 0.1) is 0 Å². The predicted molar refractivity (Wildman–Crippen MR) is 189 cm³/mol. The van der Waals surface area contributed by atoms with Crippen LogP contribution in [-0.4, -0.2) is 4.57 Å². The first-order chi connectivity index (χ1) is 22.3. The third-order valence-electron chi connectivity index (χ3n) is 8.76. The number of nitrogens with one attached hydrogen (secondary N) is 1. The fourth-order valence-electron chi connectivity index (χ4n) is 6.68. The van der Waals surface area contributed by atoms with E-state index in [0.717, 1.165) is 38.9 Å². The molecule has 9 aromatic rings. The molecule has 0 saturated heterocycles. The molecule has 0 aliphatic heterocycles. The lowest BCUT2D eigenvalue weighted by Gasteiger charge is -2.11. The van der Waals surface area contributed by atoms with Crippen molar-refractivity contribution in [2.75, 3.05) is 5.32 Å². The molecule has 2 aromatic heterocycles. The lowest BCUT2D eigenvalue weighted by atomic mass is 10.0. The minimum Gasteiger partial charge on any atom is -0.456 e. The number of hydrogen-bond donors (Lipinski definition) is 1. The van der Waals surface area contributed by atoms with Gasteiger partial charge in [0.05, 0.1) is 22.1 Å². The van der Waals surface area contributed by atoms with Crippen LogP contribution in [0.25, 0.3) is 71.7 Å². The summed E-state index contributed by atoms with van der Waals surface area (Å²) < 4.78 is 8.64. The van der Waals surface area contributed by atoms with Gasteiger partial charge in [-0.25, -0.2) is 0 Å². The van der Waals surface area contributed by atoms with E-state index in [-0.39, 0.29) is 0 Å². The van der Waals surface area contributed by atoms with Gasteiger partial charge in [0, 0.05) is 27.5 Å². The highest BCUT2D eigenvalue weighted by Crippen LogP contribution is 2.39. The highest BCUT2D eigenvalue weighted by atomic mass is 16.3. The van der Waals surface area contributed by atoms with E-state index < -0.39 is 0 Å². The van der Waals surface area contributed by atoms with E-state index in [0.29, 0.717) is 0 Å². The first kappa shape index (κ1) is 25.4. The van der Waals surface area contributed by atoms with Crippen LogP contribution in [0.1, 0.15) is 0 Å². The first-order valence-corrected chi connectivity index (χ1v) is 15.3. The molecule has 2 heterocycles. The Kier molecular flexibility index (Phi) is 5.82. The zero-order chi connectivity index (χ0) is 29.7. The summed E-state index contributed by atoms with van der Waals surface area (Å²) in [6.07, 6.45) is 0. The summed E-state index contributed by atoms with van der Waals surface area (Å²) in [5.74, 6) is 0. The zero-order valence-electron chi connectivity index (χ0n) is 24.4. The zero-order valence-corrected chi connectivity index (χ0v) is 24.4. The Labute approximate surface area is 260 Å². The van der Waals surface area contributed by atoms with E-state index in [2.05, 4.69) is 155 Å². The van der Waals surface area contributed by atoms with Crippen molar-refractivity contribution in [2.45, 2.75) is 0 Å². The molecule has 0 aliphatic rings. The lowest BCUT2D eigenvalue weighted by molar-refractivity contribution is 0.669. The number of aromatic nitrogens is 1. The van der Waals surface area contributed by atoms with Crippen LogP contribution in [0.4, 0.5) is 11.4 Å². The van der Waals surface area contributed by atoms with Crippen molar-refractivity contribution < 1.29 is 4.42 Å². The van der Waals surface area contributed by atoms with Crippen molar-refractivity contribution >= 4 is 55.1 Å². The van der Waals surface area contributed by atoms with E-state index in [9.17, 15) is 0 Å². The van der Waals surface area contributed by atoms with Crippen LogP contribution in [0.2, 0.25) is 0 Å². The minimum absolute atomic E-state index is 0.872. The maximum Gasteiger partial charge on any atom is 0.137 e. The number of hydrogen-bond acceptors (Lipinski definition) is 2. The van der Waals surface area contributed by atoms with Gasteiger partial charge in [-0.15, -0.1) is 0 Å². The van der Waals surface area contributed by atoms with Gasteiger partial charge in [0.1, 0.15) is 11.2 Å². The third-order valence-corrected chi connectivity index (χ3v) is 8.76. The lowest BCUT2D eigenvalue weighted by Crippen LogP contribution is -1.93. The largest absolute Gasteiger partial charge is 0.456 e. The standard InChI is InChI=1S/C42H28N2O/c1-3-11-28(12-4-1)30-22-24-40-36(27-30)42-37(18-10-20-41(42)45-40)43-32-14-9-13-29(25-32)31-21-23-39-35(26-31)34-17-7-8-19-38(34)44(39)33-15-5-2-6-16-33/h1-27,43H. The van der Waals surface area contributed by atoms with E-state index in [1.165, 1.54) is 44.2 Å². The number of para-hydroxylation sites is 2. The average molecular weight is 577 g/mol. The van der Waals surface area contributed by atoms with Gasteiger partial charge >= 0.3 is 0 Å². The molecule has 212 valence electrons. The van der Waals surface area contributed by atoms with E-state index in [4.69, 9.17) is 4.42 Å². The van der Waals surface area contributed by atoms with Gasteiger partial charge in [-0.3, -0.25) is 0 Å². The summed E-state index contributed by atoms with van der Waals surface area (Å²) in [7, 11) is 0. The van der Waals surface area contributed by atoms with Gasteiger partial charge < -0.3 is 14.3 Å². The summed E-state index contributed by atoms with van der Waals surface area (Å²) in [6, 6.07) is 57.9.